The van der Waals surface area contributed by atoms with Crippen molar-refractivity contribution >= 4 is 22.6 Å². The van der Waals surface area contributed by atoms with Crippen molar-refractivity contribution in [1.82, 2.24) is 4.90 Å². The number of amides is 2. The van der Waals surface area contributed by atoms with Gasteiger partial charge in [-0.3, -0.25) is 14.5 Å². The van der Waals surface area contributed by atoms with Crippen LogP contribution in [-0.4, -0.2) is 40.9 Å². The van der Waals surface area contributed by atoms with Gasteiger partial charge in [-0.2, -0.15) is 0 Å². The standard InChI is InChI=1S/C15H11F2NO3/c16-15(17,8-19)7-18-13(20)10-5-1-3-9-4-2-6-11(12(9)10)14(18)21/h1-6,19H,7-8H2. The number of hydrogen-bond acceptors (Lipinski definition) is 3. The minimum absolute atomic E-state index is 0.219. The van der Waals surface area contributed by atoms with E-state index in [2.05, 4.69) is 0 Å². The summed E-state index contributed by atoms with van der Waals surface area (Å²) < 4.78 is 26.7. The Hall–Kier alpha value is -2.34. The lowest BCUT2D eigenvalue weighted by atomic mass is 9.94. The van der Waals surface area contributed by atoms with Crippen molar-refractivity contribution in [2.75, 3.05) is 13.2 Å². The Morgan fingerprint density at radius 3 is 2.00 bits per heavy atom. The Morgan fingerprint density at radius 2 is 1.52 bits per heavy atom. The second kappa shape index (κ2) is 4.60. The van der Waals surface area contributed by atoms with Gasteiger partial charge in [0.2, 0.25) is 0 Å². The first-order valence-electron chi connectivity index (χ1n) is 6.31. The number of halogens is 2. The lowest BCUT2D eigenvalue weighted by molar-refractivity contribution is -0.0635. The molecule has 0 bridgehead atoms. The van der Waals surface area contributed by atoms with Gasteiger partial charge >= 0.3 is 0 Å². The Kier molecular flexibility index (Phi) is 2.98. The van der Waals surface area contributed by atoms with Gasteiger partial charge in [-0.15, -0.1) is 0 Å². The van der Waals surface area contributed by atoms with Crippen LogP contribution in [0.3, 0.4) is 0 Å². The summed E-state index contributed by atoms with van der Waals surface area (Å²) in [5.74, 6) is -5.05. The topological polar surface area (TPSA) is 57.6 Å². The fourth-order valence-electron chi connectivity index (χ4n) is 2.51. The normalized spacial score (nSPS) is 14.9. The van der Waals surface area contributed by atoms with E-state index in [9.17, 15) is 18.4 Å². The average Bonchev–Trinajstić information content (AvgIpc) is 2.49. The van der Waals surface area contributed by atoms with Crippen molar-refractivity contribution in [1.29, 1.82) is 0 Å². The molecule has 1 heterocycles. The third-order valence-corrected chi connectivity index (χ3v) is 3.48. The molecular weight excluding hydrogens is 280 g/mol. The first kappa shape index (κ1) is 13.6. The van der Waals surface area contributed by atoms with Gasteiger partial charge in [0.1, 0.15) is 6.61 Å². The van der Waals surface area contributed by atoms with Crippen molar-refractivity contribution in [3.05, 3.63) is 47.5 Å². The summed E-state index contributed by atoms with van der Waals surface area (Å²) in [5, 5.41) is 9.84. The molecule has 2 aromatic carbocycles. The Bertz CT molecular complexity index is 707. The first-order chi connectivity index (χ1) is 9.94. The fourth-order valence-corrected chi connectivity index (χ4v) is 2.51. The van der Waals surface area contributed by atoms with Gasteiger partial charge in [0.25, 0.3) is 17.7 Å². The van der Waals surface area contributed by atoms with Gasteiger partial charge in [0.15, 0.2) is 0 Å². The predicted octanol–water partition coefficient (Wildman–Crippen LogP) is 2.06. The maximum absolute atomic E-state index is 13.4. The summed E-state index contributed by atoms with van der Waals surface area (Å²) in [6.45, 7) is -2.55. The molecule has 6 heteroatoms. The molecule has 0 atom stereocenters. The number of aliphatic hydroxyl groups is 1. The Morgan fingerprint density at radius 1 is 1.00 bits per heavy atom. The highest BCUT2D eigenvalue weighted by Crippen LogP contribution is 2.31. The molecule has 0 saturated heterocycles. The van der Waals surface area contributed by atoms with Gasteiger partial charge in [-0.1, -0.05) is 24.3 Å². The van der Waals surface area contributed by atoms with E-state index in [1.807, 2.05) is 0 Å². The van der Waals surface area contributed by atoms with Crippen LogP contribution >= 0.6 is 0 Å². The highest BCUT2D eigenvalue weighted by Gasteiger charge is 2.40. The van der Waals surface area contributed by atoms with Gasteiger partial charge in [0.05, 0.1) is 6.54 Å². The number of carbonyl (C=O) groups is 2. The second-order valence-electron chi connectivity index (χ2n) is 4.92. The summed E-state index contributed by atoms with van der Waals surface area (Å²) in [7, 11) is 0. The van der Waals surface area contributed by atoms with Crippen molar-refractivity contribution in [2.45, 2.75) is 5.92 Å². The minimum Gasteiger partial charge on any atom is -0.390 e. The number of aliphatic hydroxyl groups excluding tert-OH is 1. The molecule has 1 N–H and O–H groups in total. The number of hydrogen-bond donors (Lipinski definition) is 1. The monoisotopic (exact) mass is 291 g/mol. The lowest BCUT2D eigenvalue weighted by Crippen LogP contribution is -2.47. The van der Waals surface area contributed by atoms with Crippen LogP contribution in [0.15, 0.2) is 36.4 Å². The number of rotatable bonds is 3. The molecule has 0 aliphatic carbocycles. The van der Waals surface area contributed by atoms with Gasteiger partial charge in [-0.25, -0.2) is 8.78 Å². The van der Waals surface area contributed by atoms with Crippen LogP contribution < -0.4 is 0 Å². The third-order valence-electron chi connectivity index (χ3n) is 3.48. The maximum Gasteiger partial charge on any atom is 0.288 e. The number of benzene rings is 2. The third kappa shape index (κ3) is 2.08. The summed E-state index contributed by atoms with van der Waals surface area (Å²) in [6.07, 6.45) is 0. The minimum atomic E-state index is -3.52. The molecule has 4 nitrogen and oxygen atoms in total. The molecule has 108 valence electrons. The summed E-state index contributed by atoms with van der Waals surface area (Å²) in [6, 6.07) is 9.78. The van der Waals surface area contributed by atoms with Gasteiger partial charge < -0.3 is 5.11 Å². The van der Waals surface area contributed by atoms with E-state index in [1.54, 1.807) is 24.3 Å². The molecular formula is C15H11F2NO3. The molecule has 0 saturated carbocycles. The summed E-state index contributed by atoms with van der Waals surface area (Å²) in [5.41, 5.74) is 0.438. The van der Waals surface area contributed by atoms with E-state index in [0.717, 1.165) is 0 Å². The van der Waals surface area contributed by atoms with E-state index >= 15 is 0 Å². The molecule has 2 amide bonds. The van der Waals surface area contributed by atoms with Crippen molar-refractivity contribution in [3.63, 3.8) is 0 Å². The molecule has 0 unspecified atom stereocenters. The zero-order valence-corrected chi connectivity index (χ0v) is 10.8. The van der Waals surface area contributed by atoms with Crippen LogP contribution in [0.2, 0.25) is 0 Å². The van der Waals surface area contributed by atoms with Crippen LogP contribution in [0, 0.1) is 0 Å². The Balaban J connectivity index is 2.15. The van der Waals surface area contributed by atoms with Crippen LogP contribution in [0.25, 0.3) is 10.8 Å². The first-order valence-corrected chi connectivity index (χ1v) is 6.31. The van der Waals surface area contributed by atoms with Crippen molar-refractivity contribution in [2.24, 2.45) is 0 Å². The highest BCUT2D eigenvalue weighted by molar-refractivity contribution is 6.25. The molecule has 3 rings (SSSR count). The molecule has 0 spiro atoms. The van der Waals surface area contributed by atoms with E-state index in [-0.39, 0.29) is 11.1 Å². The van der Waals surface area contributed by atoms with Crippen LogP contribution in [0.4, 0.5) is 8.78 Å². The predicted molar refractivity (Wildman–Crippen MR) is 71.3 cm³/mol. The fraction of sp³-hybridized carbons (Fsp3) is 0.200. The Labute approximate surface area is 118 Å². The molecule has 0 fully saturated rings. The van der Waals surface area contributed by atoms with E-state index < -0.39 is 30.9 Å². The number of carbonyl (C=O) groups excluding carboxylic acids is 2. The number of imide groups is 1. The smallest absolute Gasteiger partial charge is 0.288 e. The van der Waals surface area contributed by atoms with Crippen molar-refractivity contribution in [3.8, 4) is 0 Å². The molecule has 21 heavy (non-hydrogen) atoms. The highest BCUT2D eigenvalue weighted by atomic mass is 19.3. The van der Waals surface area contributed by atoms with Crippen LogP contribution in [0.5, 0.6) is 0 Å². The van der Waals surface area contributed by atoms with Gasteiger partial charge in [-0.05, 0) is 17.5 Å². The lowest BCUT2D eigenvalue weighted by Gasteiger charge is -2.29. The van der Waals surface area contributed by atoms with Crippen LogP contribution in [-0.2, 0) is 0 Å². The summed E-state index contributed by atoms with van der Waals surface area (Å²) >= 11 is 0. The molecule has 1 aliphatic heterocycles. The molecule has 0 aromatic heterocycles. The quantitative estimate of drug-likeness (QED) is 0.881. The molecule has 1 aliphatic rings. The van der Waals surface area contributed by atoms with E-state index in [1.165, 1.54) is 12.1 Å². The SMILES string of the molecule is O=C1c2cccc3cccc(c23)C(=O)N1CC(F)(F)CO. The van der Waals surface area contributed by atoms with Crippen molar-refractivity contribution < 1.29 is 23.5 Å². The summed E-state index contributed by atoms with van der Waals surface area (Å²) in [4.78, 5) is 25.1. The van der Waals surface area contributed by atoms with Crippen LogP contribution in [0.1, 0.15) is 20.7 Å². The van der Waals surface area contributed by atoms with E-state index in [4.69, 9.17) is 5.11 Å². The zero-order valence-electron chi connectivity index (χ0n) is 10.8. The largest absolute Gasteiger partial charge is 0.390 e. The van der Waals surface area contributed by atoms with Gasteiger partial charge in [0, 0.05) is 16.5 Å². The maximum atomic E-state index is 13.4. The molecule has 0 radical (unpaired) electrons. The van der Waals surface area contributed by atoms with E-state index in [0.29, 0.717) is 15.7 Å². The zero-order chi connectivity index (χ0) is 15.2. The number of alkyl halides is 2. The second-order valence-corrected chi connectivity index (χ2v) is 4.92. The molecule has 2 aromatic rings. The average molecular weight is 291 g/mol. The number of nitrogens with zero attached hydrogens (tertiary/aromatic N) is 1.